The summed E-state index contributed by atoms with van der Waals surface area (Å²) in [4.78, 5) is 21.6. The summed E-state index contributed by atoms with van der Waals surface area (Å²) in [5.74, 6) is 0.675. The molecule has 1 aromatic carbocycles. The Hall–Kier alpha value is -2.58. The van der Waals surface area contributed by atoms with Gasteiger partial charge < -0.3 is 9.88 Å². The summed E-state index contributed by atoms with van der Waals surface area (Å²) in [6.07, 6.45) is 0. The number of nitrogens with zero attached hydrogens (tertiary/aromatic N) is 5. The maximum Gasteiger partial charge on any atom is 0.171 e. The molecule has 4 heterocycles. The highest BCUT2D eigenvalue weighted by atomic mass is 32.1. The number of nitrogens with one attached hydrogen (secondary N) is 1. The van der Waals surface area contributed by atoms with E-state index in [0.717, 1.165) is 52.7 Å². The van der Waals surface area contributed by atoms with Gasteiger partial charge in [-0.15, -0.1) is 11.3 Å². The number of aromatic amines is 1. The van der Waals surface area contributed by atoms with Crippen LogP contribution in [0.15, 0.2) is 24.3 Å². The number of rotatable bonds is 3. The van der Waals surface area contributed by atoms with Gasteiger partial charge in [0, 0.05) is 31.9 Å². The summed E-state index contributed by atoms with van der Waals surface area (Å²) < 4.78 is 15.7. The number of hydrogen-bond acceptors (Lipinski definition) is 6. The summed E-state index contributed by atoms with van der Waals surface area (Å²) in [5, 5.41) is 0.907. The number of imidazole rings is 1. The number of H-pyrrole nitrogens is 1. The van der Waals surface area contributed by atoms with Crippen LogP contribution in [0.4, 0.5) is 10.1 Å². The van der Waals surface area contributed by atoms with Crippen molar-refractivity contribution >= 4 is 38.4 Å². The van der Waals surface area contributed by atoms with Gasteiger partial charge in [-0.25, -0.2) is 19.3 Å². The largest absolute Gasteiger partial charge is 0.369 e. The Morgan fingerprint density at radius 1 is 1.03 bits per heavy atom. The van der Waals surface area contributed by atoms with Crippen molar-refractivity contribution in [2.45, 2.75) is 33.2 Å². The lowest BCUT2D eigenvalue weighted by atomic mass is 9.95. The second kappa shape index (κ2) is 6.99. The van der Waals surface area contributed by atoms with Crippen molar-refractivity contribution in [3.63, 3.8) is 0 Å². The normalized spacial score (nSPS) is 16.1. The fraction of sp³-hybridized carbons (Fsp3) is 0.409. The fourth-order valence-corrected chi connectivity index (χ4v) is 5.17. The van der Waals surface area contributed by atoms with Crippen LogP contribution < -0.4 is 4.90 Å². The SMILES string of the molecule is Cc1nc2ccc(N3CCN(C(C)(C)c4nc5nc(C)sc5cc4F)CC3)cc2[nH]1. The van der Waals surface area contributed by atoms with Crippen LogP contribution in [0.3, 0.4) is 0 Å². The number of anilines is 1. The van der Waals surface area contributed by atoms with Crippen LogP contribution in [0.5, 0.6) is 0 Å². The van der Waals surface area contributed by atoms with Gasteiger partial charge in [0.1, 0.15) is 11.6 Å². The predicted octanol–water partition coefficient (Wildman–Crippen LogP) is 4.38. The van der Waals surface area contributed by atoms with Gasteiger partial charge in [-0.3, -0.25) is 4.90 Å². The van der Waals surface area contributed by atoms with E-state index in [0.29, 0.717) is 11.3 Å². The van der Waals surface area contributed by atoms with Crippen LogP contribution >= 0.6 is 11.3 Å². The number of pyridine rings is 1. The Balaban J connectivity index is 1.36. The van der Waals surface area contributed by atoms with Crippen LogP contribution in [-0.2, 0) is 5.54 Å². The molecule has 5 rings (SSSR count). The third kappa shape index (κ3) is 3.24. The molecule has 8 heteroatoms. The van der Waals surface area contributed by atoms with Crippen molar-refractivity contribution in [2.75, 3.05) is 31.1 Å². The minimum Gasteiger partial charge on any atom is -0.369 e. The zero-order valence-corrected chi connectivity index (χ0v) is 18.5. The number of aromatic nitrogens is 4. The van der Waals surface area contributed by atoms with Crippen molar-refractivity contribution in [3.8, 4) is 0 Å². The quantitative estimate of drug-likeness (QED) is 0.529. The lowest BCUT2D eigenvalue weighted by Gasteiger charge is -2.44. The third-order valence-corrected chi connectivity index (χ3v) is 6.95. The van der Waals surface area contributed by atoms with Gasteiger partial charge in [0.25, 0.3) is 0 Å². The van der Waals surface area contributed by atoms with E-state index in [1.807, 2.05) is 13.8 Å². The van der Waals surface area contributed by atoms with Gasteiger partial charge >= 0.3 is 0 Å². The van der Waals surface area contributed by atoms with Crippen LogP contribution in [0.2, 0.25) is 0 Å². The van der Waals surface area contributed by atoms with Crippen molar-refractivity contribution in [1.29, 1.82) is 0 Å². The van der Waals surface area contributed by atoms with E-state index in [9.17, 15) is 4.39 Å². The second-order valence-electron chi connectivity index (χ2n) is 8.43. The third-order valence-electron chi connectivity index (χ3n) is 6.04. The summed E-state index contributed by atoms with van der Waals surface area (Å²) >= 11 is 1.48. The minimum absolute atomic E-state index is 0.251. The van der Waals surface area contributed by atoms with Crippen molar-refractivity contribution in [2.24, 2.45) is 0 Å². The van der Waals surface area contributed by atoms with Gasteiger partial charge in [-0.05, 0) is 52.0 Å². The van der Waals surface area contributed by atoms with Gasteiger partial charge in [-0.2, -0.15) is 0 Å². The first-order valence-electron chi connectivity index (χ1n) is 10.2. The van der Waals surface area contributed by atoms with E-state index in [4.69, 9.17) is 0 Å². The van der Waals surface area contributed by atoms with E-state index in [2.05, 4.69) is 61.8 Å². The monoisotopic (exact) mass is 424 g/mol. The number of piperazine rings is 1. The topological polar surface area (TPSA) is 60.9 Å². The molecule has 0 atom stereocenters. The molecule has 0 unspecified atom stereocenters. The van der Waals surface area contributed by atoms with Crippen molar-refractivity contribution < 1.29 is 4.39 Å². The maximum absolute atomic E-state index is 14.9. The van der Waals surface area contributed by atoms with Gasteiger partial charge in [0.15, 0.2) is 5.65 Å². The van der Waals surface area contributed by atoms with Gasteiger partial charge in [0.2, 0.25) is 0 Å². The first-order valence-corrected chi connectivity index (χ1v) is 11.0. The molecule has 1 saturated heterocycles. The molecular formula is C22H25FN6S. The Morgan fingerprint density at radius 3 is 2.57 bits per heavy atom. The standard InChI is InChI=1S/C22H25FN6S/c1-13-24-17-6-5-15(11-18(17)25-13)28-7-9-29(10-8-28)22(3,4)20-16(23)12-19-21(27-20)26-14(2)30-19/h5-6,11-12H,7-10H2,1-4H3,(H,24,25). The average molecular weight is 425 g/mol. The van der Waals surface area contributed by atoms with Crippen molar-refractivity contribution in [1.82, 2.24) is 24.8 Å². The van der Waals surface area contributed by atoms with Crippen molar-refractivity contribution in [3.05, 3.63) is 46.6 Å². The van der Waals surface area contributed by atoms with Gasteiger partial charge in [0.05, 0.1) is 32.0 Å². The van der Waals surface area contributed by atoms with Crippen LogP contribution in [0.1, 0.15) is 30.4 Å². The van der Waals surface area contributed by atoms with E-state index in [-0.39, 0.29) is 5.82 Å². The molecule has 1 fully saturated rings. The molecular weight excluding hydrogens is 399 g/mol. The van der Waals surface area contributed by atoms with Gasteiger partial charge in [-0.1, -0.05) is 0 Å². The van der Waals surface area contributed by atoms with Crippen LogP contribution in [-0.4, -0.2) is 51.0 Å². The molecule has 0 bridgehead atoms. The van der Waals surface area contributed by atoms with E-state index in [1.165, 1.54) is 17.0 Å². The molecule has 4 aromatic rings. The zero-order chi connectivity index (χ0) is 21.0. The van der Waals surface area contributed by atoms with E-state index in [1.54, 1.807) is 6.07 Å². The molecule has 0 aliphatic carbocycles. The number of aryl methyl sites for hydroxylation is 2. The highest BCUT2D eigenvalue weighted by molar-refractivity contribution is 7.18. The average Bonchev–Trinajstić information content (AvgIpc) is 3.26. The molecule has 0 radical (unpaired) electrons. The van der Waals surface area contributed by atoms with Crippen LogP contribution in [0.25, 0.3) is 21.4 Å². The summed E-state index contributed by atoms with van der Waals surface area (Å²) in [7, 11) is 0. The minimum atomic E-state index is -0.508. The molecule has 156 valence electrons. The van der Waals surface area contributed by atoms with Crippen LogP contribution in [0, 0.1) is 19.7 Å². The summed E-state index contributed by atoms with van der Waals surface area (Å²) in [6.45, 7) is 11.4. The molecule has 1 N–H and O–H groups in total. The first-order chi connectivity index (χ1) is 14.3. The lowest BCUT2D eigenvalue weighted by molar-refractivity contribution is 0.104. The molecule has 6 nitrogen and oxygen atoms in total. The number of fused-ring (bicyclic) bond motifs is 2. The van der Waals surface area contributed by atoms with E-state index >= 15 is 0 Å². The Bertz CT molecular complexity index is 1240. The number of benzene rings is 1. The maximum atomic E-state index is 14.9. The number of thiazole rings is 1. The second-order valence-corrected chi connectivity index (χ2v) is 9.66. The first kappa shape index (κ1) is 19.4. The fourth-order valence-electron chi connectivity index (χ4n) is 4.37. The van der Waals surface area contributed by atoms with E-state index < -0.39 is 5.54 Å². The Morgan fingerprint density at radius 2 is 1.80 bits per heavy atom. The Kier molecular flexibility index (Phi) is 4.52. The molecule has 3 aromatic heterocycles. The lowest BCUT2D eigenvalue weighted by Crippen LogP contribution is -2.53. The summed E-state index contributed by atoms with van der Waals surface area (Å²) in [5.41, 5.74) is 3.85. The molecule has 30 heavy (non-hydrogen) atoms. The molecule has 1 aliphatic heterocycles. The molecule has 0 saturated carbocycles. The highest BCUT2D eigenvalue weighted by Crippen LogP contribution is 2.33. The smallest absolute Gasteiger partial charge is 0.171 e. The molecule has 1 aliphatic rings. The number of hydrogen-bond donors (Lipinski definition) is 1. The Labute approximate surface area is 178 Å². The summed E-state index contributed by atoms with van der Waals surface area (Å²) in [6, 6.07) is 7.94. The predicted molar refractivity (Wildman–Crippen MR) is 120 cm³/mol. The number of halogens is 1. The molecule has 0 spiro atoms. The molecule has 0 amide bonds. The zero-order valence-electron chi connectivity index (χ0n) is 17.7. The highest BCUT2D eigenvalue weighted by Gasteiger charge is 2.35.